The minimum Gasteiger partial charge on any atom is -0.356 e. The number of nitrogens with zero attached hydrogens (tertiary/aromatic N) is 5. The third kappa shape index (κ3) is 4.63. The maximum absolute atomic E-state index is 4.87. The van der Waals surface area contributed by atoms with Gasteiger partial charge in [-0.2, -0.15) is 0 Å². The number of benzene rings is 1. The van der Waals surface area contributed by atoms with Crippen LogP contribution in [0.25, 0.3) is 11.4 Å². The van der Waals surface area contributed by atoms with Crippen LogP contribution >= 0.6 is 22.7 Å². The molecule has 2 N–H and O–H groups in total. The molecule has 1 fully saturated rings. The standard InChI is InChI=1S/C21H25N7S2/c1-2-5-16(6-3-1)13-27-9-11-28(12-10-27)21-25-18(15-30-21)17-14-29-20(24-17)26-19-22-7-4-8-23-19/h1-3,5-6,14-15H,4,7-13H2,(H2,22,23,24,26). The molecule has 3 aromatic rings. The van der Waals surface area contributed by atoms with Gasteiger partial charge in [0.25, 0.3) is 0 Å². The second-order valence-corrected chi connectivity index (χ2v) is 9.13. The smallest absolute Gasteiger partial charge is 0.197 e. The number of thiazole rings is 2. The first-order valence-corrected chi connectivity index (χ1v) is 12.1. The van der Waals surface area contributed by atoms with Gasteiger partial charge in [0, 0.05) is 56.6 Å². The van der Waals surface area contributed by atoms with E-state index in [1.807, 2.05) is 0 Å². The Kier molecular flexibility index (Phi) is 5.91. The normalized spacial score (nSPS) is 17.5. The summed E-state index contributed by atoms with van der Waals surface area (Å²) in [5.74, 6) is 0.814. The Morgan fingerprint density at radius 1 is 0.967 bits per heavy atom. The summed E-state index contributed by atoms with van der Waals surface area (Å²) in [7, 11) is 0. The minimum absolute atomic E-state index is 0.814. The minimum atomic E-state index is 0.814. The maximum atomic E-state index is 4.87. The fourth-order valence-electron chi connectivity index (χ4n) is 3.63. The third-order valence-electron chi connectivity index (χ3n) is 5.27. The number of hydrogen-bond acceptors (Lipinski definition) is 9. The number of piperazine rings is 1. The Morgan fingerprint density at radius 2 is 1.77 bits per heavy atom. The largest absolute Gasteiger partial charge is 0.356 e. The van der Waals surface area contributed by atoms with Gasteiger partial charge in [-0.3, -0.25) is 9.89 Å². The summed E-state index contributed by atoms with van der Waals surface area (Å²) in [6, 6.07) is 10.7. The van der Waals surface area contributed by atoms with Crippen molar-refractivity contribution < 1.29 is 0 Å². The number of aromatic nitrogens is 2. The van der Waals surface area contributed by atoms with Crippen molar-refractivity contribution in [3.05, 3.63) is 46.7 Å². The highest BCUT2D eigenvalue weighted by Gasteiger charge is 2.20. The van der Waals surface area contributed by atoms with Crippen LogP contribution in [0.1, 0.15) is 12.0 Å². The zero-order valence-corrected chi connectivity index (χ0v) is 18.4. The number of anilines is 2. The summed E-state index contributed by atoms with van der Waals surface area (Å²) in [6.45, 7) is 6.98. The predicted octanol–water partition coefficient (Wildman–Crippen LogP) is 3.35. The lowest BCUT2D eigenvalue weighted by Crippen LogP contribution is -2.45. The monoisotopic (exact) mass is 439 g/mol. The molecule has 2 aliphatic rings. The Balaban J connectivity index is 1.18. The zero-order chi connectivity index (χ0) is 20.2. The molecule has 0 saturated carbocycles. The van der Waals surface area contributed by atoms with Gasteiger partial charge in [0.2, 0.25) is 0 Å². The van der Waals surface area contributed by atoms with Crippen LogP contribution in [0.2, 0.25) is 0 Å². The van der Waals surface area contributed by atoms with E-state index >= 15 is 0 Å². The van der Waals surface area contributed by atoms with E-state index in [1.54, 1.807) is 22.7 Å². The van der Waals surface area contributed by atoms with E-state index in [-0.39, 0.29) is 0 Å². The van der Waals surface area contributed by atoms with Crippen LogP contribution in [0.5, 0.6) is 0 Å². The highest BCUT2D eigenvalue weighted by atomic mass is 32.1. The molecular formula is C21H25N7S2. The molecule has 4 heterocycles. The first kappa shape index (κ1) is 19.5. The molecule has 1 saturated heterocycles. The molecule has 0 bridgehead atoms. The summed E-state index contributed by atoms with van der Waals surface area (Å²) in [5, 5.41) is 12.6. The van der Waals surface area contributed by atoms with Crippen molar-refractivity contribution in [2.24, 2.45) is 4.99 Å². The maximum Gasteiger partial charge on any atom is 0.197 e. The van der Waals surface area contributed by atoms with Gasteiger partial charge in [0.05, 0.1) is 0 Å². The molecular weight excluding hydrogens is 414 g/mol. The molecule has 0 unspecified atom stereocenters. The highest BCUT2D eigenvalue weighted by Crippen LogP contribution is 2.30. The Morgan fingerprint density at radius 3 is 2.57 bits per heavy atom. The molecule has 7 nitrogen and oxygen atoms in total. The zero-order valence-electron chi connectivity index (χ0n) is 16.8. The summed E-state index contributed by atoms with van der Waals surface area (Å²) in [6.07, 6.45) is 1.08. The molecule has 9 heteroatoms. The second-order valence-electron chi connectivity index (χ2n) is 7.44. The molecule has 0 radical (unpaired) electrons. The van der Waals surface area contributed by atoms with Gasteiger partial charge in [-0.1, -0.05) is 30.3 Å². The molecule has 30 heavy (non-hydrogen) atoms. The van der Waals surface area contributed by atoms with Crippen molar-refractivity contribution in [2.45, 2.75) is 13.0 Å². The Hall–Kier alpha value is -2.49. The summed E-state index contributed by atoms with van der Waals surface area (Å²) >= 11 is 3.29. The van der Waals surface area contributed by atoms with Crippen LogP contribution in [-0.2, 0) is 6.54 Å². The van der Waals surface area contributed by atoms with Gasteiger partial charge in [-0.15, -0.1) is 22.7 Å². The lowest BCUT2D eigenvalue weighted by Gasteiger charge is -2.34. The topological polar surface area (TPSA) is 68.7 Å². The molecule has 0 aliphatic carbocycles. The van der Waals surface area contributed by atoms with Crippen molar-refractivity contribution in [1.29, 1.82) is 0 Å². The first-order chi connectivity index (χ1) is 14.8. The van der Waals surface area contributed by atoms with Crippen LogP contribution in [-0.4, -0.2) is 60.1 Å². The van der Waals surface area contributed by atoms with Crippen molar-refractivity contribution in [1.82, 2.24) is 20.2 Å². The quantitative estimate of drug-likeness (QED) is 0.636. The van der Waals surface area contributed by atoms with Crippen molar-refractivity contribution in [2.75, 3.05) is 49.5 Å². The number of nitrogens with one attached hydrogen (secondary N) is 2. The molecule has 2 aromatic heterocycles. The highest BCUT2D eigenvalue weighted by molar-refractivity contribution is 7.15. The summed E-state index contributed by atoms with van der Waals surface area (Å²) in [4.78, 5) is 18.9. The molecule has 0 spiro atoms. The summed E-state index contributed by atoms with van der Waals surface area (Å²) < 4.78 is 0. The Labute approximate surface area is 184 Å². The van der Waals surface area contributed by atoms with E-state index in [9.17, 15) is 0 Å². The molecule has 2 aliphatic heterocycles. The van der Waals surface area contributed by atoms with E-state index in [4.69, 9.17) is 9.97 Å². The number of rotatable bonds is 5. The van der Waals surface area contributed by atoms with Gasteiger partial charge in [-0.05, 0) is 12.0 Å². The van der Waals surface area contributed by atoms with Crippen molar-refractivity contribution >= 4 is 38.9 Å². The number of guanidine groups is 1. The molecule has 0 amide bonds. The average molecular weight is 440 g/mol. The van der Waals surface area contributed by atoms with Crippen molar-refractivity contribution in [3.63, 3.8) is 0 Å². The summed E-state index contributed by atoms with van der Waals surface area (Å²) in [5.41, 5.74) is 3.25. The van der Waals surface area contributed by atoms with Crippen LogP contribution in [0.3, 0.4) is 0 Å². The van der Waals surface area contributed by atoms with Crippen LogP contribution < -0.4 is 15.5 Å². The lowest BCUT2D eigenvalue weighted by molar-refractivity contribution is 0.250. The van der Waals surface area contributed by atoms with Crippen LogP contribution in [0.15, 0.2) is 46.1 Å². The molecule has 5 rings (SSSR count). The lowest BCUT2D eigenvalue weighted by atomic mass is 10.2. The fraction of sp³-hybridized carbons (Fsp3) is 0.381. The van der Waals surface area contributed by atoms with Crippen molar-refractivity contribution in [3.8, 4) is 11.4 Å². The molecule has 156 valence electrons. The van der Waals surface area contributed by atoms with Gasteiger partial charge in [0.1, 0.15) is 11.4 Å². The van der Waals surface area contributed by atoms with Gasteiger partial charge >= 0.3 is 0 Å². The molecule has 0 atom stereocenters. The van der Waals surface area contributed by atoms with Crippen LogP contribution in [0.4, 0.5) is 10.3 Å². The van der Waals surface area contributed by atoms with Crippen LogP contribution in [0, 0.1) is 0 Å². The number of aliphatic imine (C=N–C) groups is 1. The van der Waals surface area contributed by atoms with Gasteiger partial charge in [0.15, 0.2) is 16.2 Å². The van der Waals surface area contributed by atoms with E-state index in [0.717, 1.165) is 79.8 Å². The SMILES string of the molecule is c1ccc(CN2CCN(c3nc(-c4csc(NC5=NCCCN5)n4)cs3)CC2)cc1. The van der Waals surface area contributed by atoms with E-state index in [1.165, 1.54) is 5.56 Å². The van der Waals surface area contributed by atoms with Gasteiger partial charge in [-0.25, -0.2) is 9.97 Å². The number of hydrogen-bond donors (Lipinski definition) is 2. The Bertz CT molecular complexity index is 990. The molecule has 1 aromatic carbocycles. The van der Waals surface area contributed by atoms with E-state index < -0.39 is 0 Å². The van der Waals surface area contributed by atoms with E-state index in [2.05, 4.69) is 66.5 Å². The second kappa shape index (κ2) is 9.11. The third-order valence-corrected chi connectivity index (χ3v) is 6.93. The first-order valence-electron chi connectivity index (χ1n) is 10.3. The average Bonchev–Trinajstić information content (AvgIpc) is 3.46. The fourth-order valence-corrected chi connectivity index (χ4v) is 5.21. The van der Waals surface area contributed by atoms with E-state index in [0.29, 0.717) is 0 Å². The predicted molar refractivity (Wildman–Crippen MR) is 126 cm³/mol. The van der Waals surface area contributed by atoms with Gasteiger partial charge < -0.3 is 15.5 Å².